The van der Waals surface area contributed by atoms with Crippen LogP contribution in [0, 0.1) is 0 Å². The zero-order valence-corrected chi connectivity index (χ0v) is 20.1. The summed E-state index contributed by atoms with van der Waals surface area (Å²) in [6, 6.07) is 13.4. The third-order valence-corrected chi connectivity index (χ3v) is 6.64. The van der Waals surface area contributed by atoms with Crippen molar-refractivity contribution in [1.82, 2.24) is 9.80 Å². The number of hydrogen-bond donors (Lipinski definition) is 0. The van der Waals surface area contributed by atoms with E-state index < -0.39 is 0 Å². The number of urea groups is 1. The molecule has 1 atom stereocenters. The van der Waals surface area contributed by atoms with Crippen molar-refractivity contribution in [2.75, 3.05) is 18.0 Å². The Morgan fingerprint density at radius 3 is 1.73 bits per heavy atom. The zero-order valence-electron chi connectivity index (χ0n) is 20.1. The van der Waals surface area contributed by atoms with Crippen molar-refractivity contribution in [3.63, 3.8) is 0 Å². The van der Waals surface area contributed by atoms with Crippen LogP contribution in [-0.2, 0) is 5.54 Å². The first kappa shape index (κ1) is 21.0. The minimum atomic E-state index is -0.366. The summed E-state index contributed by atoms with van der Waals surface area (Å²) < 4.78 is 0. The third kappa shape index (κ3) is 2.99. The lowest BCUT2D eigenvalue weighted by Gasteiger charge is -2.44. The maximum absolute atomic E-state index is 13.8. The molecule has 2 aliphatic heterocycles. The standard InChI is InChI=1S/C26H37N3O/c1-23(2,3)27-16-26(20-14-18-12-10-11-13-19(18)15-21(20)27)17-28(24(4,5)6)22(30)29(26)25(7,8)9/h10-15H,16-17H2,1-9H3/t26-/m0/s1. The van der Waals surface area contributed by atoms with Gasteiger partial charge in [-0.15, -0.1) is 0 Å². The highest BCUT2D eigenvalue weighted by Crippen LogP contribution is 2.53. The number of carbonyl (C=O) groups is 1. The van der Waals surface area contributed by atoms with E-state index in [2.05, 4.69) is 113 Å². The van der Waals surface area contributed by atoms with Crippen LogP contribution in [0.15, 0.2) is 36.4 Å². The molecular weight excluding hydrogens is 370 g/mol. The number of hydrogen-bond acceptors (Lipinski definition) is 2. The van der Waals surface area contributed by atoms with Gasteiger partial charge in [-0.1, -0.05) is 24.3 Å². The lowest BCUT2D eigenvalue weighted by molar-refractivity contribution is 0.0839. The van der Waals surface area contributed by atoms with E-state index in [4.69, 9.17) is 0 Å². The molecule has 1 fully saturated rings. The van der Waals surface area contributed by atoms with Crippen LogP contribution in [0.25, 0.3) is 10.8 Å². The summed E-state index contributed by atoms with van der Waals surface area (Å²) in [5.41, 5.74) is 1.63. The zero-order chi connectivity index (χ0) is 22.3. The van der Waals surface area contributed by atoms with Crippen molar-refractivity contribution in [3.05, 3.63) is 42.0 Å². The molecule has 4 nitrogen and oxygen atoms in total. The highest BCUT2D eigenvalue weighted by Gasteiger charge is 2.61. The molecule has 0 aromatic heterocycles. The first-order chi connectivity index (χ1) is 13.7. The van der Waals surface area contributed by atoms with E-state index in [9.17, 15) is 4.79 Å². The Kier molecular flexibility index (Phi) is 4.31. The fourth-order valence-corrected chi connectivity index (χ4v) is 5.34. The quantitative estimate of drug-likeness (QED) is 0.536. The SMILES string of the molecule is CC(C)(C)N1C[C@]2(CN(C(C)(C)C)c3cc4ccccc4cc32)N(C(C)(C)C)C1=O. The first-order valence-corrected chi connectivity index (χ1v) is 11.1. The monoisotopic (exact) mass is 407 g/mol. The average molecular weight is 408 g/mol. The van der Waals surface area contributed by atoms with E-state index in [1.165, 1.54) is 22.0 Å². The van der Waals surface area contributed by atoms with Gasteiger partial charge in [0.25, 0.3) is 0 Å². The molecule has 0 radical (unpaired) electrons. The molecule has 0 N–H and O–H groups in total. The van der Waals surface area contributed by atoms with Gasteiger partial charge in [-0.3, -0.25) is 0 Å². The maximum Gasteiger partial charge on any atom is 0.321 e. The second-order valence-corrected chi connectivity index (χ2v) is 12.1. The molecule has 4 rings (SSSR count). The number of benzene rings is 2. The minimum absolute atomic E-state index is 0.0392. The highest BCUT2D eigenvalue weighted by atomic mass is 16.2. The van der Waals surface area contributed by atoms with Crippen LogP contribution in [0.5, 0.6) is 0 Å². The van der Waals surface area contributed by atoms with Gasteiger partial charge in [0.2, 0.25) is 0 Å². The Morgan fingerprint density at radius 1 is 0.733 bits per heavy atom. The Hall–Kier alpha value is -2.23. The van der Waals surface area contributed by atoms with Gasteiger partial charge in [0.05, 0.1) is 6.54 Å². The molecule has 0 bridgehead atoms. The molecule has 2 heterocycles. The summed E-state index contributed by atoms with van der Waals surface area (Å²) in [5, 5.41) is 2.49. The largest absolute Gasteiger partial charge is 0.364 e. The van der Waals surface area contributed by atoms with Gasteiger partial charge in [0.1, 0.15) is 5.54 Å². The number of anilines is 1. The molecule has 4 heteroatoms. The molecule has 162 valence electrons. The Balaban J connectivity index is 2.02. The predicted molar refractivity (Wildman–Crippen MR) is 126 cm³/mol. The molecule has 0 unspecified atom stereocenters. The Labute approximate surface area is 181 Å². The average Bonchev–Trinajstić information content (AvgIpc) is 3.07. The van der Waals surface area contributed by atoms with Gasteiger partial charge in [0.15, 0.2) is 0 Å². The van der Waals surface area contributed by atoms with Crippen LogP contribution in [0.1, 0.15) is 67.9 Å². The van der Waals surface area contributed by atoms with Crippen molar-refractivity contribution in [2.45, 2.75) is 84.5 Å². The third-order valence-electron chi connectivity index (χ3n) is 6.64. The summed E-state index contributed by atoms with van der Waals surface area (Å²) in [7, 11) is 0. The molecule has 0 aliphatic carbocycles. The minimum Gasteiger partial charge on any atom is -0.364 e. The maximum atomic E-state index is 13.8. The number of rotatable bonds is 0. The molecule has 2 amide bonds. The second-order valence-electron chi connectivity index (χ2n) is 12.1. The second kappa shape index (κ2) is 6.15. The van der Waals surface area contributed by atoms with Crippen LogP contribution in [0.2, 0.25) is 0 Å². The Morgan fingerprint density at radius 2 is 1.23 bits per heavy atom. The fraction of sp³-hybridized carbons (Fsp3) is 0.577. The number of amides is 2. The first-order valence-electron chi connectivity index (χ1n) is 11.1. The summed E-state index contributed by atoms with van der Waals surface area (Å²) in [4.78, 5) is 20.6. The number of nitrogens with zero attached hydrogens (tertiary/aromatic N) is 3. The van der Waals surface area contributed by atoms with Crippen LogP contribution in [0.4, 0.5) is 10.5 Å². The Bertz CT molecular complexity index is 1010. The van der Waals surface area contributed by atoms with Crippen molar-refractivity contribution >= 4 is 22.5 Å². The van der Waals surface area contributed by atoms with Gasteiger partial charge < -0.3 is 14.7 Å². The topological polar surface area (TPSA) is 26.8 Å². The molecular formula is C26H37N3O. The summed E-state index contributed by atoms with van der Waals surface area (Å²) in [6.07, 6.45) is 0. The normalized spacial score (nSPS) is 22.6. The van der Waals surface area contributed by atoms with Crippen LogP contribution in [-0.4, -0.2) is 45.5 Å². The van der Waals surface area contributed by atoms with Crippen molar-refractivity contribution in [3.8, 4) is 0 Å². The fourth-order valence-electron chi connectivity index (χ4n) is 5.34. The molecule has 2 aromatic rings. The van der Waals surface area contributed by atoms with Crippen molar-refractivity contribution < 1.29 is 4.79 Å². The van der Waals surface area contributed by atoms with Crippen LogP contribution < -0.4 is 4.90 Å². The van der Waals surface area contributed by atoms with Gasteiger partial charge in [-0.2, -0.15) is 0 Å². The summed E-state index contributed by atoms with van der Waals surface area (Å²) in [5.74, 6) is 0. The van der Waals surface area contributed by atoms with E-state index in [0.29, 0.717) is 6.54 Å². The molecule has 1 saturated heterocycles. The summed E-state index contributed by atoms with van der Waals surface area (Å²) >= 11 is 0. The number of fused-ring (bicyclic) bond motifs is 3. The van der Waals surface area contributed by atoms with Crippen LogP contribution >= 0.6 is 0 Å². The van der Waals surface area contributed by atoms with E-state index in [0.717, 1.165) is 6.54 Å². The van der Waals surface area contributed by atoms with Gasteiger partial charge in [0, 0.05) is 34.4 Å². The molecule has 1 spiro atoms. The predicted octanol–water partition coefficient (Wildman–Crippen LogP) is 5.99. The highest BCUT2D eigenvalue weighted by molar-refractivity contribution is 5.91. The van der Waals surface area contributed by atoms with Crippen LogP contribution in [0.3, 0.4) is 0 Å². The summed E-state index contributed by atoms with van der Waals surface area (Å²) in [6.45, 7) is 21.3. The number of carbonyl (C=O) groups excluding carboxylic acids is 1. The molecule has 2 aromatic carbocycles. The van der Waals surface area contributed by atoms with Gasteiger partial charge >= 0.3 is 6.03 Å². The molecule has 2 aliphatic rings. The van der Waals surface area contributed by atoms with E-state index in [1.807, 2.05) is 0 Å². The van der Waals surface area contributed by atoms with Gasteiger partial charge in [-0.25, -0.2) is 4.79 Å². The van der Waals surface area contributed by atoms with E-state index in [1.54, 1.807) is 0 Å². The van der Waals surface area contributed by atoms with E-state index in [-0.39, 0.29) is 28.2 Å². The molecule has 0 saturated carbocycles. The molecule has 30 heavy (non-hydrogen) atoms. The lowest BCUT2D eigenvalue weighted by atomic mass is 9.86. The van der Waals surface area contributed by atoms with Crippen molar-refractivity contribution in [2.24, 2.45) is 0 Å². The van der Waals surface area contributed by atoms with E-state index >= 15 is 0 Å². The van der Waals surface area contributed by atoms with Gasteiger partial charge in [-0.05, 0) is 85.2 Å². The smallest absolute Gasteiger partial charge is 0.321 e. The lowest BCUT2D eigenvalue weighted by Crippen LogP contribution is -2.57. The van der Waals surface area contributed by atoms with Crippen molar-refractivity contribution in [1.29, 1.82) is 0 Å².